The van der Waals surface area contributed by atoms with Gasteiger partial charge in [0.2, 0.25) is 11.1 Å². The molecule has 4 rings (SSSR count). The number of hydrogen-bond donors (Lipinski definition) is 0. The van der Waals surface area contributed by atoms with Gasteiger partial charge in [-0.2, -0.15) is 0 Å². The van der Waals surface area contributed by atoms with Crippen molar-refractivity contribution >= 4 is 17.7 Å². The van der Waals surface area contributed by atoms with Crippen molar-refractivity contribution < 1.29 is 14.3 Å². The number of nitrogens with zero attached hydrogens (tertiary/aromatic N) is 5. The first-order valence-electron chi connectivity index (χ1n) is 8.26. The standard InChI is InChI=1S/C16H19N5O3S/c1-20-16(17-18-19-20)25-10-15(22)21-6-2-3-12(21)11-4-5-13-14(9-11)24-8-7-23-13/h4-5,9,12H,2-3,6-8,10H2,1H3/t12-/m0/s1. The fourth-order valence-corrected chi connectivity index (χ4v) is 3.97. The average molecular weight is 361 g/mol. The van der Waals surface area contributed by atoms with Crippen LogP contribution in [0.1, 0.15) is 24.4 Å². The molecule has 132 valence electrons. The highest BCUT2D eigenvalue weighted by molar-refractivity contribution is 7.99. The number of amides is 1. The molecule has 0 unspecified atom stereocenters. The minimum atomic E-state index is 0.0848. The number of thioether (sulfide) groups is 1. The Morgan fingerprint density at radius 2 is 2.16 bits per heavy atom. The van der Waals surface area contributed by atoms with Gasteiger partial charge in [0.05, 0.1) is 11.8 Å². The molecule has 2 aliphatic rings. The Labute approximate surface area is 149 Å². The lowest BCUT2D eigenvalue weighted by Gasteiger charge is -2.26. The van der Waals surface area contributed by atoms with Crippen molar-refractivity contribution in [3.63, 3.8) is 0 Å². The van der Waals surface area contributed by atoms with Crippen LogP contribution >= 0.6 is 11.8 Å². The van der Waals surface area contributed by atoms with E-state index in [0.29, 0.717) is 24.1 Å². The van der Waals surface area contributed by atoms with Crippen LogP contribution in [0, 0.1) is 0 Å². The summed E-state index contributed by atoms with van der Waals surface area (Å²) >= 11 is 1.36. The zero-order chi connectivity index (χ0) is 17.2. The maximum Gasteiger partial charge on any atom is 0.233 e. The number of fused-ring (bicyclic) bond motifs is 1. The first-order chi connectivity index (χ1) is 12.2. The van der Waals surface area contributed by atoms with Gasteiger partial charge in [-0.1, -0.05) is 17.8 Å². The second-order valence-corrected chi connectivity index (χ2v) is 6.96. The maximum absolute atomic E-state index is 12.7. The number of rotatable bonds is 4. The van der Waals surface area contributed by atoms with Gasteiger partial charge in [0.25, 0.3) is 0 Å². The van der Waals surface area contributed by atoms with Crippen molar-refractivity contribution in [3.05, 3.63) is 23.8 Å². The quantitative estimate of drug-likeness (QED) is 0.762. The topological polar surface area (TPSA) is 82.4 Å². The molecule has 1 aromatic carbocycles. The Balaban J connectivity index is 1.46. The van der Waals surface area contributed by atoms with Crippen LogP contribution in [0.5, 0.6) is 11.5 Å². The first-order valence-corrected chi connectivity index (χ1v) is 9.25. The van der Waals surface area contributed by atoms with E-state index < -0.39 is 0 Å². The minimum absolute atomic E-state index is 0.0848. The van der Waals surface area contributed by atoms with E-state index in [2.05, 4.69) is 15.5 Å². The first kappa shape index (κ1) is 16.2. The molecule has 0 aliphatic carbocycles. The van der Waals surface area contributed by atoms with E-state index in [9.17, 15) is 4.79 Å². The van der Waals surface area contributed by atoms with Gasteiger partial charge in [0, 0.05) is 13.6 Å². The number of ether oxygens (including phenoxy) is 2. The highest BCUT2D eigenvalue weighted by atomic mass is 32.2. The number of carbonyl (C=O) groups is 1. The molecule has 3 heterocycles. The van der Waals surface area contributed by atoms with E-state index in [1.54, 1.807) is 11.7 Å². The molecule has 1 atom stereocenters. The number of likely N-dealkylation sites (tertiary alicyclic amines) is 1. The largest absolute Gasteiger partial charge is 0.486 e. The Hall–Kier alpha value is -2.29. The summed E-state index contributed by atoms with van der Waals surface area (Å²) in [4.78, 5) is 14.6. The highest BCUT2D eigenvalue weighted by Gasteiger charge is 2.31. The number of aryl methyl sites for hydroxylation is 1. The van der Waals surface area contributed by atoms with Gasteiger partial charge in [0.15, 0.2) is 11.5 Å². The second-order valence-electron chi connectivity index (χ2n) is 6.02. The molecule has 9 heteroatoms. The summed E-state index contributed by atoms with van der Waals surface area (Å²) in [7, 11) is 1.76. The van der Waals surface area contributed by atoms with E-state index >= 15 is 0 Å². The van der Waals surface area contributed by atoms with Gasteiger partial charge in [0.1, 0.15) is 13.2 Å². The van der Waals surface area contributed by atoms with Crippen LogP contribution in [0.4, 0.5) is 0 Å². The van der Waals surface area contributed by atoms with Crippen molar-refractivity contribution in [2.75, 3.05) is 25.5 Å². The molecule has 25 heavy (non-hydrogen) atoms. The molecule has 1 saturated heterocycles. The zero-order valence-electron chi connectivity index (χ0n) is 13.9. The lowest BCUT2D eigenvalue weighted by atomic mass is 10.0. The molecule has 0 saturated carbocycles. The predicted octanol–water partition coefficient (Wildman–Crippen LogP) is 1.44. The van der Waals surface area contributed by atoms with Crippen molar-refractivity contribution in [2.45, 2.75) is 24.0 Å². The molecule has 1 aromatic heterocycles. The lowest BCUT2D eigenvalue weighted by Crippen LogP contribution is -2.32. The smallest absolute Gasteiger partial charge is 0.233 e. The number of carbonyl (C=O) groups excluding carboxylic acids is 1. The van der Waals surface area contributed by atoms with Crippen LogP contribution in [0.2, 0.25) is 0 Å². The van der Waals surface area contributed by atoms with Crippen LogP contribution < -0.4 is 9.47 Å². The van der Waals surface area contributed by atoms with Crippen molar-refractivity contribution in [1.82, 2.24) is 25.1 Å². The SMILES string of the molecule is Cn1nnnc1SCC(=O)N1CCC[C@H]1c1ccc2c(c1)OCCO2. The molecule has 2 aromatic rings. The second kappa shape index (κ2) is 6.91. The van der Waals surface area contributed by atoms with Gasteiger partial charge < -0.3 is 14.4 Å². The summed E-state index contributed by atoms with van der Waals surface area (Å²) < 4.78 is 12.8. The third-order valence-electron chi connectivity index (χ3n) is 4.43. The Morgan fingerprint density at radius 1 is 1.32 bits per heavy atom. The summed E-state index contributed by atoms with van der Waals surface area (Å²) in [6, 6.07) is 6.06. The maximum atomic E-state index is 12.7. The van der Waals surface area contributed by atoms with E-state index in [0.717, 1.165) is 36.4 Å². The van der Waals surface area contributed by atoms with E-state index in [1.165, 1.54) is 11.8 Å². The van der Waals surface area contributed by atoms with E-state index in [1.807, 2.05) is 23.1 Å². The summed E-state index contributed by atoms with van der Waals surface area (Å²) in [6.07, 6.45) is 1.96. The monoisotopic (exact) mass is 361 g/mol. The Morgan fingerprint density at radius 3 is 2.96 bits per heavy atom. The average Bonchev–Trinajstić information content (AvgIpc) is 3.28. The number of tetrazole rings is 1. The summed E-state index contributed by atoms with van der Waals surface area (Å²) in [5.74, 6) is 1.97. The molecule has 0 bridgehead atoms. The van der Waals surface area contributed by atoms with Crippen LogP contribution in [0.25, 0.3) is 0 Å². The summed E-state index contributed by atoms with van der Waals surface area (Å²) in [5.41, 5.74) is 1.10. The number of benzene rings is 1. The van der Waals surface area contributed by atoms with Crippen LogP contribution in [-0.2, 0) is 11.8 Å². The van der Waals surface area contributed by atoms with Crippen molar-refractivity contribution in [3.8, 4) is 11.5 Å². The van der Waals surface area contributed by atoms with Gasteiger partial charge in [-0.3, -0.25) is 4.79 Å². The Bertz CT molecular complexity index is 781. The normalized spacial score (nSPS) is 19.2. The summed E-state index contributed by atoms with van der Waals surface area (Å²) in [6.45, 7) is 1.91. The fourth-order valence-electron chi connectivity index (χ4n) is 3.23. The van der Waals surface area contributed by atoms with Gasteiger partial charge in [-0.05, 0) is 41.0 Å². The molecule has 0 N–H and O–H groups in total. The van der Waals surface area contributed by atoms with E-state index in [4.69, 9.17) is 9.47 Å². The molecular weight excluding hydrogens is 342 g/mol. The molecule has 2 aliphatic heterocycles. The number of hydrogen-bond acceptors (Lipinski definition) is 7. The lowest BCUT2D eigenvalue weighted by molar-refractivity contribution is -0.129. The van der Waals surface area contributed by atoms with E-state index in [-0.39, 0.29) is 11.9 Å². The molecule has 8 nitrogen and oxygen atoms in total. The third-order valence-corrected chi connectivity index (χ3v) is 5.43. The molecule has 0 radical (unpaired) electrons. The predicted molar refractivity (Wildman–Crippen MR) is 90.6 cm³/mol. The van der Waals surface area contributed by atoms with Gasteiger partial charge in [-0.25, -0.2) is 4.68 Å². The molecule has 1 fully saturated rings. The van der Waals surface area contributed by atoms with Crippen LogP contribution in [0.15, 0.2) is 23.4 Å². The molecule has 0 spiro atoms. The fraction of sp³-hybridized carbons (Fsp3) is 0.500. The van der Waals surface area contributed by atoms with Gasteiger partial charge in [-0.15, -0.1) is 5.10 Å². The van der Waals surface area contributed by atoms with Crippen molar-refractivity contribution in [1.29, 1.82) is 0 Å². The number of aromatic nitrogens is 4. The Kier molecular flexibility index (Phi) is 4.48. The van der Waals surface area contributed by atoms with Gasteiger partial charge >= 0.3 is 0 Å². The van der Waals surface area contributed by atoms with Crippen LogP contribution in [0.3, 0.4) is 0 Å². The van der Waals surface area contributed by atoms with Crippen molar-refractivity contribution in [2.24, 2.45) is 7.05 Å². The molecular formula is C16H19N5O3S. The molecule has 1 amide bonds. The highest BCUT2D eigenvalue weighted by Crippen LogP contribution is 2.38. The van der Waals surface area contributed by atoms with Crippen LogP contribution in [-0.4, -0.2) is 56.5 Å². The summed E-state index contributed by atoms with van der Waals surface area (Å²) in [5, 5.41) is 11.9. The zero-order valence-corrected chi connectivity index (χ0v) is 14.7. The minimum Gasteiger partial charge on any atom is -0.486 e. The third kappa shape index (κ3) is 3.28.